The van der Waals surface area contributed by atoms with E-state index in [9.17, 15) is 13.2 Å². The van der Waals surface area contributed by atoms with Crippen molar-refractivity contribution in [3.63, 3.8) is 0 Å². The Morgan fingerprint density at radius 1 is 1.04 bits per heavy atom. The van der Waals surface area contributed by atoms with Gasteiger partial charge < -0.3 is 4.90 Å². The average Bonchev–Trinajstić information content (AvgIpc) is 2.32. The van der Waals surface area contributed by atoms with Gasteiger partial charge in [0.2, 0.25) is 5.91 Å². The molecule has 23 heavy (non-hydrogen) atoms. The number of sulfone groups is 1. The Labute approximate surface area is 139 Å². The van der Waals surface area contributed by atoms with Gasteiger partial charge in [0.25, 0.3) is 0 Å². The predicted molar refractivity (Wildman–Crippen MR) is 89.6 cm³/mol. The summed E-state index contributed by atoms with van der Waals surface area (Å²) >= 11 is 0. The number of carbonyl (C=O) groups excluding carboxylic acids is 1. The van der Waals surface area contributed by atoms with Crippen LogP contribution in [0, 0.1) is 29.1 Å². The highest BCUT2D eigenvalue weighted by Gasteiger charge is 2.57. The summed E-state index contributed by atoms with van der Waals surface area (Å²) in [5.74, 6) is 2.96. The van der Waals surface area contributed by atoms with Gasteiger partial charge in [-0.05, 0) is 62.2 Å². The minimum atomic E-state index is -3.04. The van der Waals surface area contributed by atoms with Gasteiger partial charge in [0, 0.05) is 13.1 Å². The second-order valence-corrected chi connectivity index (χ2v) is 11.6. The van der Waals surface area contributed by atoms with E-state index in [1.165, 1.54) is 19.3 Å². The molecule has 0 unspecified atom stereocenters. The van der Waals surface area contributed by atoms with E-state index in [-0.39, 0.29) is 28.2 Å². The van der Waals surface area contributed by atoms with Crippen LogP contribution in [0.2, 0.25) is 0 Å². The fourth-order valence-corrected chi connectivity index (χ4v) is 8.16. The van der Waals surface area contributed by atoms with Gasteiger partial charge in [-0.25, -0.2) is 8.42 Å². The third-order valence-electron chi connectivity index (χ3n) is 6.70. The van der Waals surface area contributed by atoms with Crippen molar-refractivity contribution in [2.75, 3.05) is 18.8 Å². The molecule has 1 amide bonds. The SMILES string of the molecule is CC(C)CS(=O)(=O)C1CN(C(=O)C23CC4CC(CC(C4)C2)C3)C1. The first-order valence-corrected chi connectivity index (χ1v) is 11.0. The molecule has 0 aromatic rings. The molecule has 4 aliphatic carbocycles. The van der Waals surface area contributed by atoms with Gasteiger partial charge in [-0.2, -0.15) is 0 Å². The van der Waals surface area contributed by atoms with E-state index in [0.717, 1.165) is 37.0 Å². The summed E-state index contributed by atoms with van der Waals surface area (Å²) in [6.45, 7) is 4.76. The molecule has 5 fully saturated rings. The summed E-state index contributed by atoms with van der Waals surface area (Å²) in [6, 6.07) is 0. The summed E-state index contributed by atoms with van der Waals surface area (Å²) in [7, 11) is -3.04. The number of hydrogen-bond donors (Lipinski definition) is 0. The Kier molecular flexibility index (Phi) is 3.60. The first kappa shape index (κ1) is 15.9. The smallest absolute Gasteiger partial charge is 0.228 e. The van der Waals surface area contributed by atoms with Crippen LogP contribution in [0.15, 0.2) is 0 Å². The molecule has 4 bridgehead atoms. The standard InChI is InChI=1S/C18H29NO3S/c1-12(2)11-23(21,22)16-9-19(10-16)17(20)18-6-13-3-14(7-18)5-15(4-13)8-18/h12-16H,3-11H2,1-2H3. The molecule has 0 atom stereocenters. The number of nitrogens with zero attached hydrogens (tertiary/aromatic N) is 1. The zero-order valence-corrected chi connectivity index (χ0v) is 15.1. The normalized spacial score (nSPS) is 39.8. The second-order valence-electron chi connectivity index (χ2n) is 9.25. The second kappa shape index (κ2) is 5.21. The Hall–Kier alpha value is -0.580. The topological polar surface area (TPSA) is 54.5 Å². The van der Waals surface area contributed by atoms with Crippen LogP contribution in [0.1, 0.15) is 52.4 Å². The van der Waals surface area contributed by atoms with Gasteiger partial charge in [-0.15, -0.1) is 0 Å². The van der Waals surface area contributed by atoms with Crippen molar-refractivity contribution in [2.45, 2.75) is 57.6 Å². The third-order valence-corrected chi connectivity index (χ3v) is 9.15. The molecule has 0 N–H and O–H groups in total. The molecule has 130 valence electrons. The fraction of sp³-hybridized carbons (Fsp3) is 0.944. The van der Waals surface area contributed by atoms with Gasteiger partial charge in [0.15, 0.2) is 9.84 Å². The van der Waals surface area contributed by atoms with Crippen molar-refractivity contribution >= 4 is 15.7 Å². The first-order valence-electron chi connectivity index (χ1n) is 9.28. The molecule has 1 aliphatic heterocycles. The lowest BCUT2D eigenvalue weighted by Gasteiger charge is -2.57. The molecule has 1 heterocycles. The maximum Gasteiger partial charge on any atom is 0.228 e. The van der Waals surface area contributed by atoms with Crippen LogP contribution >= 0.6 is 0 Å². The highest BCUT2D eigenvalue weighted by atomic mass is 32.2. The van der Waals surface area contributed by atoms with E-state index >= 15 is 0 Å². The van der Waals surface area contributed by atoms with Crippen LogP contribution in [0.5, 0.6) is 0 Å². The number of likely N-dealkylation sites (tertiary alicyclic amines) is 1. The Morgan fingerprint density at radius 2 is 1.52 bits per heavy atom. The quantitative estimate of drug-likeness (QED) is 0.791. The summed E-state index contributed by atoms with van der Waals surface area (Å²) in [4.78, 5) is 15.0. The van der Waals surface area contributed by atoms with Gasteiger partial charge in [0.1, 0.15) is 0 Å². The van der Waals surface area contributed by atoms with Crippen molar-refractivity contribution in [1.29, 1.82) is 0 Å². The largest absolute Gasteiger partial charge is 0.339 e. The Balaban J connectivity index is 1.42. The van der Waals surface area contributed by atoms with Gasteiger partial charge in [-0.3, -0.25) is 4.79 Å². The highest BCUT2D eigenvalue weighted by Crippen LogP contribution is 2.60. The summed E-state index contributed by atoms with van der Waals surface area (Å²) in [6.07, 6.45) is 7.20. The maximum absolute atomic E-state index is 13.1. The van der Waals surface area contributed by atoms with Crippen LogP contribution in [0.3, 0.4) is 0 Å². The third kappa shape index (κ3) is 2.63. The first-order chi connectivity index (χ1) is 10.8. The fourth-order valence-electron chi connectivity index (χ4n) is 6.14. The average molecular weight is 340 g/mol. The molecule has 5 rings (SSSR count). The van der Waals surface area contributed by atoms with E-state index in [0.29, 0.717) is 13.1 Å². The summed E-state index contributed by atoms with van der Waals surface area (Å²) < 4.78 is 24.6. The van der Waals surface area contributed by atoms with Crippen LogP contribution < -0.4 is 0 Å². The number of rotatable bonds is 4. The molecule has 0 radical (unpaired) electrons. The minimum absolute atomic E-state index is 0.123. The minimum Gasteiger partial charge on any atom is -0.339 e. The predicted octanol–water partition coefficient (Wildman–Crippen LogP) is 2.48. The van der Waals surface area contributed by atoms with E-state index in [1.54, 1.807) is 0 Å². The molecule has 4 saturated carbocycles. The number of carbonyl (C=O) groups is 1. The van der Waals surface area contributed by atoms with Crippen LogP contribution in [-0.2, 0) is 14.6 Å². The number of hydrogen-bond acceptors (Lipinski definition) is 3. The lowest BCUT2D eigenvalue weighted by molar-refractivity contribution is -0.161. The zero-order valence-electron chi connectivity index (χ0n) is 14.3. The maximum atomic E-state index is 13.1. The van der Waals surface area contributed by atoms with Gasteiger partial charge in [0.05, 0.1) is 16.4 Å². The number of amides is 1. The molecular weight excluding hydrogens is 310 g/mol. The van der Waals surface area contributed by atoms with Crippen molar-refractivity contribution in [3.8, 4) is 0 Å². The zero-order chi connectivity index (χ0) is 16.4. The van der Waals surface area contributed by atoms with E-state index < -0.39 is 9.84 Å². The monoisotopic (exact) mass is 339 g/mol. The molecule has 5 heteroatoms. The van der Waals surface area contributed by atoms with E-state index in [2.05, 4.69) is 0 Å². The summed E-state index contributed by atoms with van der Waals surface area (Å²) in [5, 5.41) is -0.317. The molecule has 0 aromatic carbocycles. The molecule has 0 aromatic heterocycles. The van der Waals surface area contributed by atoms with Gasteiger partial charge >= 0.3 is 0 Å². The van der Waals surface area contributed by atoms with E-state index in [1.807, 2.05) is 18.7 Å². The molecule has 0 spiro atoms. The van der Waals surface area contributed by atoms with E-state index in [4.69, 9.17) is 0 Å². The highest BCUT2D eigenvalue weighted by molar-refractivity contribution is 7.92. The van der Waals surface area contributed by atoms with Crippen LogP contribution in [-0.4, -0.2) is 43.3 Å². The molecule has 5 aliphatic rings. The lowest BCUT2D eigenvalue weighted by Crippen LogP contribution is -2.63. The molecule has 4 nitrogen and oxygen atoms in total. The van der Waals surface area contributed by atoms with Crippen molar-refractivity contribution in [2.24, 2.45) is 29.1 Å². The summed E-state index contributed by atoms with van der Waals surface area (Å²) in [5.41, 5.74) is -0.123. The van der Waals surface area contributed by atoms with Crippen molar-refractivity contribution in [1.82, 2.24) is 4.90 Å². The Bertz CT molecular complexity index is 568. The molecular formula is C18H29NO3S. The van der Waals surface area contributed by atoms with Gasteiger partial charge in [-0.1, -0.05) is 13.8 Å². The van der Waals surface area contributed by atoms with Crippen molar-refractivity contribution in [3.05, 3.63) is 0 Å². The van der Waals surface area contributed by atoms with Crippen LogP contribution in [0.25, 0.3) is 0 Å². The lowest BCUT2D eigenvalue weighted by atomic mass is 9.49. The van der Waals surface area contributed by atoms with Crippen LogP contribution in [0.4, 0.5) is 0 Å². The molecule has 1 saturated heterocycles. The van der Waals surface area contributed by atoms with Crippen molar-refractivity contribution < 1.29 is 13.2 Å². The Morgan fingerprint density at radius 3 is 1.96 bits per heavy atom.